The molecule has 0 radical (unpaired) electrons. The van der Waals surface area contributed by atoms with Crippen molar-refractivity contribution in [1.82, 2.24) is 4.90 Å². The molecule has 0 N–H and O–H groups in total. The van der Waals surface area contributed by atoms with Crippen LogP contribution in [0.15, 0.2) is 84.7 Å². The molecule has 1 unspecified atom stereocenters. The predicted octanol–water partition coefficient (Wildman–Crippen LogP) is 8.57. The summed E-state index contributed by atoms with van der Waals surface area (Å²) in [4.78, 5) is 2.39. The van der Waals surface area contributed by atoms with Crippen molar-refractivity contribution in [3.8, 4) is 0 Å². The Labute approximate surface area is 182 Å². The van der Waals surface area contributed by atoms with Crippen LogP contribution in [0.25, 0.3) is 0 Å². The predicted molar refractivity (Wildman–Crippen MR) is 134 cm³/mol. The fraction of sp³-hybridized carbons (Fsp3) is 0.500. The Bertz CT molecular complexity index is 598. The number of likely N-dealkylation sites (N-methyl/N-ethyl adjacent to an activating group) is 1. The van der Waals surface area contributed by atoms with Crippen LogP contribution in [0.3, 0.4) is 0 Å². The second-order valence-electron chi connectivity index (χ2n) is 7.53. The Morgan fingerprint density at radius 3 is 2.31 bits per heavy atom. The molecule has 1 heteroatoms. The maximum atomic E-state index is 3.94. The molecular weight excluding hydrogens is 350 g/mol. The first kappa shape index (κ1) is 27.0. The van der Waals surface area contributed by atoms with Gasteiger partial charge >= 0.3 is 0 Å². The van der Waals surface area contributed by atoms with Gasteiger partial charge in [-0.05, 0) is 56.1 Å². The third-order valence-corrected chi connectivity index (χ3v) is 5.02. The van der Waals surface area contributed by atoms with Crippen LogP contribution in [-0.4, -0.2) is 18.0 Å². The summed E-state index contributed by atoms with van der Waals surface area (Å²) in [6.45, 7) is 21.0. The molecule has 0 spiro atoms. The molecule has 0 bridgehead atoms. The Kier molecular flexibility index (Phi) is 16.8. The average molecular weight is 396 g/mol. The Hall–Kier alpha value is -2.02. The third kappa shape index (κ3) is 12.9. The zero-order chi connectivity index (χ0) is 21.9. The Morgan fingerprint density at radius 2 is 1.76 bits per heavy atom. The molecule has 0 aliphatic carbocycles. The van der Waals surface area contributed by atoms with Crippen molar-refractivity contribution < 1.29 is 0 Å². The van der Waals surface area contributed by atoms with Crippen molar-refractivity contribution in [2.45, 2.75) is 73.1 Å². The topological polar surface area (TPSA) is 3.24 Å². The normalized spacial score (nSPS) is 14.6. The molecule has 0 amide bonds. The molecule has 1 atom stereocenters. The van der Waals surface area contributed by atoms with Gasteiger partial charge in [-0.1, -0.05) is 94.9 Å². The quantitative estimate of drug-likeness (QED) is 0.187. The Balaban J connectivity index is 5.46. The van der Waals surface area contributed by atoms with Crippen LogP contribution in [-0.2, 0) is 0 Å². The van der Waals surface area contributed by atoms with Crippen molar-refractivity contribution in [1.29, 1.82) is 0 Å². The monoisotopic (exact) mass is 395 g/mol. The summed E-state index contributed by atoms with van der Waals surface area (Å²) in [5, 5.41) is 0. The molecule has 1 nitrogen and oxygen atoms in total. The molecule has 0 rings (SSSR count). The lowest BCUT2D eigenvalue weighted by Crippen LogP contribution is -2.18. The van der Waals surface area contributed by atoms with Gasteiger partial charge in [-0.15, -0.1) is 6.58 Å². The highest BCUT2D eigenvalue weighted by Gasteiger charge is 2.06. The summed E-state index contributed by atoms with van der Waals surface area (Å²) in [6.07, 6.45) is 26.2. The summed E-state index contributed by atoms with van der Waals surface area (Å²) < 4.78 is 0. The highest BCUT2D eigenvalue weighted by atomic mass is 15.1. The van der Waals surface area contributed by atoms with E-state index in [4.69, 9.17) is 0 Å². The van der Waals surface area contributed by atoms with Crippen molar-refractivity contribution in [2.75, 3.05) is 13.1 Å². The van der Waals surface area contributed by atoms with Gasteiger partial charge in [0.1, 0.15) is 0 Å². The SMILES string of the molecule is C=C/C=C(\C=C(/CC=C)C/C=C\C(=C\N(CC)C/C=C\CC)C(C)CC)CCC. The smallest absolute Gasteiger partial charge is 0.0354 e. The van der Waals surface area contributed by atoms with E-state index in [9.17, 15) is 0 Å². The maximum absolute atomic E-state index is 3.94. The van der Waals surface area contributed by atoms with Gasteiger partial charge in [0.2, 0.25) is 0 Å². The minimum absolute atomic E-state index is 0.554. The van der Waals surface area contributed by atoms with E-state index in [2.05, 4.69) is 95.3 Å². The Morgan fingerprint density at radius 1 is 1.00 bits per heavy atom. The summed E-state index contributed by atoms with van der Waals surface area (Å²) in [7, 11) is 0. The lowest BCUT2D eigenvalue weighted by Gasteiger charge is -2.20. The van der Waals surface area contributed by atoms with E-state index in [0.29, 0.717) is 5.92 Å². The van der Waals surface area contributed by atoms with E-state index < -0.39 is 0 Å². The molecular formula is C28H45N. The fourth-order valence-electron chi connectivity index (χ4n) is 3.07. The summed E-state index contributed by atoms with van der Waals surface area (Å²) in [5.41, 5.74) is 4.16. The number of rotatable bonds is 16. The molecule has 0 aliphatic heterocycles. The van der Waals surface area contributed by atoms with E-state index in [0.717, 1.165) is 51.6 Å². The first-order valence-electron chi connectivity index (χ1n) is 11.4. The molecule has 0 aromatic heterocycles. The second-order valence-corrected chi connectivity index (χ2v) is 7.53. The maximum Gasteiger partial charge on any atom is 0.0354 e. The van der Waals surface area contributed by atoms with Crippen LogP contribution < -0.4 is 0 Å². The van der Waals surface area contributed by atoms with Gasteiger partial charge < -0.3 is 4.90 Å². The number of hydrogen-bond donors (Lipinski definition) is 0. The van der Waals surface area contributed by atoms with E-state index in [1.54, 1.807) is 0 Å². The number of nitrogens with zero attached hydrogens (tertiary/aromatic N) is 1. The van der Waals surface area contributed by atoms with Crippen molar-refractivity contribution in [3.05, 3.63) is 84.7 Å². The van der Waals surface area contributed by atoms with Crippen molar-refractivity contribution in [2.24, 2.45) is 5.92 Å². The standard InChI is InChI=1S/C28H45N/c1-8-14-15-22-29(13-6)24-28(25(7)12-5)21-16-20-27(19-11-4)23-26(17-9-2)18-10-3/h9,11,14-17,21,23-25H,2,4,8,10,12-13,18-20,22H2,1,3,5-7H3/b15-14-,21-16-,26-17-,27-23+,28-24-. The first-order valence-corrected chi connectivity index (χ1v) is 11.4. The highest BCUT2D eigenvalue weighted by molar-refractivity contribution is 5.30. The van der Waals surface area contributed by atoms with E-state index in [1.165, 1.54) is 16.7 Å². The minimum atomic E-state index is 0.554. The van der Waals surface area contributed by atoms with Crippen LogP contribution in [0.1, 0.15) is 73.1 Å². The molecule has 0 fully saturated rings. The van der Waals surface area contributed by atoms with E-state index in [-0.39, 0.29) is 0 Å². The average Bonchev–Trinajstić information content (AvgIpc) is 2.71. The van der Waals surface area contributed by atoms with Gasteiger partial charge in [0.25, 0.3) is 0 Å². The molecule has 0 aliphatic rings. The van der Waals surface area contributed by atoms with Gasteiger partial charge in [-0.25, -0.2) is 0 Å². The van der Waals surface area contributed by atoms with Gasteiger partial charge in [0.15, 0.2) is 0 Å². The van der Waals surface area contributed by atoms with Gasteiger partial charge in [-0.2, -0.15) is 0 Å². The second kappa shape index (κ2) is 18.0. The van der Waals surface area contributed by atoms with Crippen LogP contribution >= 0.6 is 0 Å². The van der Waals surface area contributed by atoms with Crippen LogP contribution in [0.2, 0.25) is 0 Å². The largest absolute Gasteiger partial charge is 0.374 e. The first-order chi connectivity index (χ1) is 14.1. The number of hydrogen-bond acceptors (Lipinski definition) is 1. The zero-order valence-corrected chi connectivity index (χ0v) is 19.8. The zero-order valence-electron chi connectivity index (χ0n) is 19.8. The third-order valence-electron chi connectivity index (χ3n) is 5.02. The lowest BCUT2D eigenvalue weighted by molar-refractivity contribution is 0.430. The minimum Gasteiger partial charge on any atom is -0.374 e. The molecule has 29 heavy (non-hydrogen) atoms. The van der Waals surface area contributed by atoms with Crippen LogP contribution in [0.5, 0.6) is 0 Å². The fourth-order valence-corrected chi connectivity index (χ4v) is 3.07. The van der Waals surface area contributed by atoms with E-state index >= 15 is 0 Å². The van der Waals surface area contributed by atoms with Crippen molar-refractivity contribution in [3.63, 3.8) is 0 Å². The van der Waals surface area contributed by atoms with Gasteiger partial charge in [-0.3, -0.25) is 0 Å². The summed E-state index contributed by atoms with van der Waals surface area (Å²) >= 11 is 0. The summed E-state index contributed by atoms with van der Waals surface area (Å²) in [6, 6.07) is 0. The van der Waals surface area contributed by atoms with Crippen LogP contribution in [0, 0.1) is 5.92 Å². The number of allylic oxidation sites excluding steroid dienone is 10. The van der Waals surface area contributed by atoms with E-state index in [1.807, 2.05) is 12.2 Å². The summed E-state index contributed by atoms with van der Waals surface area (Å²) in [5.74, 6) is 0.554. The highest BCUT2D eigenvalue weighted by Crippen LogP contribution is 2.20. The molecule has 0 heterocycles. The van der Waals surface area contributed by atoms with Crippen molar-refractivity contribution >= 4 is 0 Å². The molecule has 0 aromatic rings. The molecule has 162 valence electrons. The molecule has 0 saturated heterocycles. The lowest BCUT2D eigenvalue weighted by atomic mass is 9.97. The van der Waals surface area contributed by atoms with Crippen LogP contribution in [0.4, 0.5) is 0 Å². The molecule has 0 aromatic carbocycles. The van der Waals surface area contributed by atoms with Gasteiger partial charge in [0, 0.05) is 19.3 Å². The molecule has 0 saturated carbocycles. The van der Waals surface area contributed by atoms with Gasteiger partial charge in [0.05, 0.1) is 0 Å².